The molecule has 3 aromatic carbocycles. The normalized spacial score (nSPS) is 19.9. The summed E-state index contributed by atoms with van der Waals surface area (Å²) in [6.07, 6.45) is 0.892. The van der Waals surface area contributed by atoms with Crippen molar-refractivity contribution in [3.05, 3.63) is 94.9 Å². The summed E-state index contributed by atoms with van der Waals surface area (Å²) in [5.41, 5.74) is 2.51. The van der Waals surface area contributed by atoms with Gasteiger partial charge in [-0.05, 0) is 71.1 Å². The summed E-state index contributed by atoms with van der Waals surface area (Å²) in [7, 11) is -2.07. The van der Waals surface area contributed by atoms with E-state index in [-0.39, 0.29) is 22.3 Å². The zero-order chi connectivity index (χ0) is 24.2. The lowest BCUT2D eigenvalue weighted by atomic mass is 9.84. The van der Waals surface area contributed by atoms with Crippen molar-refractivity contribution in [3.8, 4) is 16.9 Å². The van der Waals surface area contributed by atoms with Gasteiger partial charge in [-0.2, -0.15) is 4.31 Å². The van der Waals surface area contributed by atoms with Gasteiger partial charge >= 0.3 is 0 Å². The fourth-order valence-electron chi connectivity index (χ4n) is 5.57. The lowest BCUT2D eigenvalue weighted by molar-refractivity contribution is 0.186. The fraction of sp³-hybridized carbons (Fsp3) is 0.250. The molecule has 0 saturated carbocycles. The third-order valence-electron chi connectivity index (χ3n) is 7.33. The van der Waals surface area contributed by atoms with E-state index in [4.69, 9.17) is 4.74 Å². The summed E-state index contributed by atoms with van der Waals surface area (Å²) in [6, 6.07) is 24.6. The van der Waals surface area contributed by atoms with Crippen molar-refractivity contribution in [2.24, 2.45) is 5.92 Å². The molecule has 0 radical (unpaired) electrons. The second-order valence-corrected chi connectivity index (χ2v) is 11.4. The van der Waals surface area contributed by atoms with E-state index in [9.17, 15) is 13.2 Å². The maximum Gasteiger partial charge on any atom is 0.258 e. The number of benzene rings is 3. The Labute approximate surface area is 204 Å². The first-order chi connectivity index (χ1) is 16.9. The van der Waals surface area contributed by atoms with Crippen LogP contribution in [0.25, 0.3) is 21.9 Å². The molecule has 0 N–H and O–H groups in total. The molecule has 0 spiro atoms. The Morgan fingerprint density at radius 2 is 1.63 bits per heavy atom. The van der Waals surface area contributed by atoms with E-state index in [1.165, 1.54) is 0 Å². The van der Waals surface area contributed by atoms with Crippen molar-refractivity contribution in [1.29, 1.82) is 0 Å². The van der Waals surface area contributed by atoms with E-state index in [1.807, 2.05) is 41.0 Å². The second kappa shape index (κ2) is 8.36. The molecule has 178 valence electrons. The largest absolute Gasteiger partial charge is 0.497 e. The van der Waals surface area contributed by atoms with Gasteiger partial charge in [-0.3, -0.25) is 4.79 Å². The first-order valence-electron chi connectivity index (χ1n) is 11.8. The molecule has 2 aliphatic rings. The van der Waals surface area contributed by atoms with Gasteiger partial charge in [0.25, 0.3) is 5.56 Å². The van der Waals surface area contributed by atoms with Crippen LogP contribution in [-0.2, 0) is 16.6 Å². The van der Waals surface area contributed by atoms with Crippen LogP contribution in [0.15, 0.2) is 88.6 Å². The molecule has 0 aliphatic carbocycles. The number of nitrogens with zero attached hydrogens (tertiary/aromatic N) is 2. The molecule has 2 aliphatic heterocycles. The molecule has 2 bridgehead atoms. The van der Waals surface area contributed by atoms with Crippen molar-refractivity contribution in [2.45, 2.75) is 23.8 Å². The minimum atomic E-state index is -3.62. The Morgan fingerprint density at radius 3 is 2.40 bits per heavy atom. The first kappa shape index (κ1) is 22.1. The quantitative estimate of drug-likeness (QED) is 0.426. The minimum Gasteiger partial charge on any atom is -0.497 e. The number of aromatic nitrogens is 1. The molecular formula is C28H26N2O4S. The van der Waals surface area contributed by atoms with Gasteiger partial charge in [-0.15, -0.1) is 0 Å². The van der Waals surface area contributed by atoms with Gasteiger partial charge in [-0.1, -0.05) is 36.4 Å². The van der Waals surface area contributed by atoms with Crippen LogP contribution in [0.3, 0.4) is 0 Å². The van der Waals surface area contributed by atoms with Crippen LogP contribution < -0.4 is 10.3 Å². The smallest absolute Gasteiger partial charge is 0.258 e. The number of pyridine rings is 1. The van der Waals surface area contributed by atoms with Crippen molar-refractivity contribution in [1.82, 2.24) is 8.87 Å². The van der Waals surface area contributed by atoms with Crippen LogP contribution >= 0.6 is 0 Å². The average molecular weight is 487 g/mol. The van der Waals surface area contributed by atoms with Crippen molar-refractivity contribution >= 4 is 20.8 Å². The number of methoxy groups -OCH3 is 1. The second-order valence-electron chi connectivity index (χ2n) is 9.45. The van der Waals surface area contributed by atoms with Crippen LogP contribution in [0.5, 0.6) is 5.75 Å². The molecule has 1 aromatic heterocycles. The number of fused-ring (bicyclic) bond motifs is 5. The van der Waals surface area contributed by atoms with Crippen LogP contribution in [0.2, 0.25) is 0 Å². The third-order valence-corrected chi connectivity index (χ3v) is 9.17. The Bertz CT molecular complexity index is 1590. The van der Waals surface area contributed by atoms with E-state index in [0.717, 1.165) is 28.5 Å². The highest BCUT2D eigenvalue weighted by Crippen LogP contribution is 2.38. The lowest BCUT2D eigenvalue weighted by Crippen LogP contribution is -2.49. The third kappa shape index (κ3) is 3.75. The maximum absolute atomic E-state index is 13.6. The molecular weight excluding hydrogens is 460 g/mol. The topological polar surface area (TPSA) is 68.6 Å². The monoisotopic (exact) mass is 486 g/mol. The van der Waals surface area contributed by atoms with Gasteiger partial charge in [-0.25, -0.2) is 8.42 Å². The summed E-state index contributed by atoms with van der Waals surface area (Å²) >= 11 is 0. The number of piperidine rings is 1. The Morgan fingerprint density at radius 1 is 0.857 bits per heavy atom. The van der Waals surface area contributed by atoms with Crippen LogP contribution in [-0.4, -0.2) is 37.5 Å². The first-order valence-corrected chi connectivity index (χ1v) is 13.2. The molecule has 7 heteroatoms. The maximum atomic E-state index is 13.6. The SMILES string of the molecule is COc1ccc(S(=O)(=O)N2C[C@H]3C[C@H](C2)c2ccc(-c4ccc5ccccc5c4)c(=O)n2C3)cc1. The molecule has 0 amide bonds. The van der Waals surface area contributed by atoms with Gasteiger partial charge in [0.05, 0.1) is 12.0 Å². The summed E-state index contributed by atoms with van der Waals surface area (Å²) in [4.78, 5) is 13.8. The molecule has 0 unspecified atom stereocenters. The molecule has 3 heterocycles. The summed E-state index contributed by atoms with van der Waals surface area (Å²) in [5, 5.41) is 2.24. The zero-order valence-electron chi connectivity index (χ0n) is 19.4. The molecule has 2 atom stereocenters. The van der Waals surface area contributed by atoms with Crippen molar-refractivity contribution in [3.63, 3.8) is 0 Å². The molecule has 35 heavy (non-hydrogen) atoms. The lowest BCUT2D eigenvalue weighted by Gasteiger charge is -2.42. The fourth-order valence-corrected chi connectivity index (χ4v) is 7.13. The van der Waals surface area contributed by atoms with E-state index >= 15 is 0 Å². The predicted molar refractivity (Wildman–Crippen MR) is 136 cm³/mol. The molecule has 4 aromatic rings. The van der Waals surface area contributed by atoms with Gasteiger partial charge in [0, 0.05) is 36.8 Å². The van der Waals surface area contributed by atoms with Gasteiger partial charge in [0.1, 0.15) is 5.75 Å². The standard InChI is InChI=1S/C28H26N2O4S/c1-34-24-8-10-25(11-9-24)35(32,33)29-16-19-14-23(18-29)27-13-12-26(28(31)30(27)17-19)22-7-6-20-4-2-3-5-21(20)15-22/h2-13,15,19,23H,14,16-18H2,1H3/t19-,23-/m1/s1. The molecule has 6 nitrogen and oxygen atoms in total. The highest BCUT2D eigenvalue weighted by molar-refractivity contribution is 7.89. The molecule has 1 saturated heterocycles. The van der Waals surface area contributed by atoms with Crippen molar-refractivity contribution in [2.75, 3.05) is 20.2 Å². The highest BCUT2D eigenvalue weighted by atomic mass is 32.2. The van der Waals surface area contributed by atoms with Gasteiger partial charge in [0.15, 0.2) is 0 Å². The highest BCUT2D eigenvalue weighted by Gasteiger charge is 2.39. The number of rotatable bonds is 4. The number of ether oxygens (including phenoxy) is 1. The Balaban J connectivity index is 1.33. The predicted octanol–water partition coefficient (Wildman–Crippen LogP) is 4.49. The van der Waals surface area contributed by atoms with Gasteiger partial charge in [0.2, 0.25) is 10.0 Å². The number of sulfonamides is 1. The van der Waals surface area contributed by atoms with E-state index in [0.29, 0.717) is 30.9 Å². The summed E-state index contributed by atoms with van der Waals surface area (Å²) in [6.45, 7) is 1.32. The Kier molecular flexibility index (Phi) is 5.27. The van der Waals surface area contributed by atoms with Crippen LogP contribution in [0, 0.1) is 5.92 Å². The number of hydrogen-bond donors (Lipinski definition) is 0. The zero-order valence-corrected chi connectivity index (χ0v) is 20.2. The molecule has 6 rings (SSSR count). The van der Waals surface area contributed by atoms with E-state index < -0.39 is 10.0 Å². The van der Waals surface area contributed by atoms with E-state index in [1.54, 1.807) is 35.7 Å². The van der Waals surface area contributed by atoms with Crippen molar-refractivity contribution < 1.29 is 13.2 Å². The Hall–Kier alpha value is -3.42. The average Bonchev–Trinajstić information content (AvgIpc) is 2.89. The minimum absolute atomic E-state index is 0.000979. The van der Waals surface area contributed by atoms with Crippen LogP contribution in [0.1, 0.15) is 18.0 Å². The summed E-state index contributed by atoms with van der Waals surface area (Å²) < 4.78 is 35.3. The summed E-state index contributed by atoms with van der Waals surface area (Å²) in [5.74, 6) is 0.711. The van der Waals surface area contributed by atoms with Gasteiger partial charge < -0.3 is 9.30 Å². The number of hydrogen-bond acceptors (Lipinski definition) is 4. The van der Waals surface area contributed by atoms with E-state index in [2.05, 4.69) is 18.2 Å². The van der Waals surface area contributed by atoms with Crippen LogP contribution in [0.4, 0.5) is 0 Å². The molecule has 1 fully saturated rings.